The Morgan fingerprint density at radius 2 is 1.96 bits per heavy atom. The summed E-state index contributed by atoms with van der Waals surface area (Å²) >= 11 is 9.03. The van der Waals surface area contributed by atoms with Crippen LogP contribution in [-0.2, 0) is 17.1 Å². The summed E-state index contributed by atoms with van der Waals surface area (Å²) in [5.41, 5.74) is 7.72. The number of halogens is 1. The van der Waals surface area contributed by atoms with Crippen molar-refractivity contribution in [3.05, 3.63) is 59.1 Å². The third kappa shape index (κ3) is 4.11. The number of fused-ring (bicyclic) bond motifs is 1. The van der Waals surface area contributed by atoms with Gasteiger partial charge in [-0.1, -0.05) is 65.0 Å². The molecule has 0 aliphatic heterocycles. The van der Waals surface area contributed by atoms with E-state index < -0.39 is 0 Å². The highest BCUT2D eigenvalue weighted by atomic mass is 35.5. The highest BCUT2D eigenvalue weighted by molar-refractivity contribution is 7.98. The third-order valence-electron chi connectivity index (χ3n) is 3.90. The van der Waals surface area contributed by atoms with Crippen molar-refractivity contribution < 1.29 is 4.79 Å². The van der Waals surface area contributed by atoms with Gasteiger partial charge >= 0.3 is 0 Å². The van der Waals surface area contributed by atoms with Crippen molar-refractivity contribution >= 4 is 61.9 Å². The summed E-state index contributed by atoms with van der Waals surface area (Å²) in [5.74, 6) is 0.531. The minimum atomic E-state index is -0.245. The molecule has 0 aliphatic carbocycles. The molecule has 1 amide bonds. The Labute approximate surface area is 173 Å². The summed E-state index contributed by atoms with van der Waals surface area (Å²) in [6.45, 7) is -0.000383. The number of nitrogens with two attached hydrogens (primary N) is 1. The molecule has 0 radical (unpaired) electrons. The zero-order valence-electron chi connectivity index (χ0n) is 14.5. The van der Waals surface area contributed by atoms with E-state index >= 15 is 0 Å². The number of carbonyl (C=O) groups excluding carboxylic acids is 1. The van der Waals surface area contributed by atoms with E-state index in [9.17, 15) is 4.79 Å². The molecule has 3 N–H and O–H groups in total. The molecular formula is C18H15ClN6OS2. The first-order valence-corrected chi connectivity index (χ1v) is 10.5. The zero-order chi connectivity index (χ0) is 19.5. The molecule has 0 unspecified atom stereocenters. The molecular weight excluding hydrogens is 416 g/mol. The number of thiazole rings is 1. The molecule has 7 nitrogen and oxygen atoms in total. The third-order valence-corrected chi connectivity index (χ3v) is 6.24. The number of para-hydroxylation sites is 1. The Morgan fingerprint density at radius 3 is 2.79 bits per heavy atom. The van der Waals surface area contributed by atoms with Crippen molar-refractivity contribution in [2.45, 2.75) is 17.5 Å². The Bertz CT molecular complexity index is 1110. The van der Waals surface area contributed by atoms with Gasteiger partial charge < -0.3 is 11.1 Å². The highest BCUT2D eigenvalue weighted by Crippen LogP contribution is 2.27. The van der Waals surface area contributed by atoms with Gasteiger partial charge in [0, 0.05) is 10.8 Å². The first kappa shape index (κ1) is 18.7. The van der Waals surface area contributed by atoms with Crippen molar-refractivity contribution in [1.29, 1.82) is 0 Å². The number of amides is 1. The monoisotopic (exact) mass is 430 g/mol. The predicted molar refractivity (Wildman–Crippen MR) is 114 cm³/mol. The van der Waals surface area contributed by atoms with Crippen molar-refractivity contribution in [1.82, 2.24) is 19.7 Å². The number of hydrogen-bond acceptors (Lipinski definition) is 7. The molecule has 4 aromatic rings. The zero-order valence-corrected chi connectivity index (χ0v) is 16.9. The van der Waals surface area contributed by atoms with E-state index in [2.05, 4.69) is 20.5 Å². The summed E-state index contributed by atoms with van der Waals surface area (Å²) in [6.07, 6.45) is 0. The summed E-state index contributed by atoms with van der Waals surface area (Å²) < 4.78 is 2.59. The Morgan fingerprint density at radius 1 is 1.18 bits per heavy atom. The molecule has 0 bridgehead atoms. The molecule has 0 saturated carbocycles. The maximum atomic E-state index is 12.5. The average Bonchev–Trinajstić information content (AvgIpc) is 3.24. The number of rotatable bonds is 6. The normalized spacial score (nSPS) is 11.0. The number of aromatic nitrogens is 4. The number of nitrogens with one attached hydrogen (secondary N) is 1. The Balaban J connectivity index is 1.44. The second-order valence-corrected chi connectivity index (χ2v) is 8.22. The molecule has 2 aromatic heterocycles. The molecule has 0 aliphatic rings. The lowest BCUT2D eigenvalue weighted by atomic mass is 10.2. The molecule has 0 saturated heterocycles. The van der Waals surface area contributed by atoms with Crippen molar-refractivity contribution in [2.75, 3.05) is 11.1 Å². The van der Waals surface area contributed by atoms with Crippen molar-refractivity contribution in [3.63, 3.8) is 0 Å². The minimum Gasteiger partial charge on any atom is -0.368 e. The summed E-state index contributed by atoms with van der Waals surface area (Å²) in [6, 6.07) is 15.3. The molecule has 0 fully saturated rings. The number of benzene rings is 2. The van der Waals surface area contributed by atoms with Gasteiger partial charge in [0.05, 0.1) is 10.2 Å². The fraction of sp³-hybridized carbons (Fsp3) is 0.111. The van der Waals surface area contributed by atoms with Gasteiger partial charge in [0.2, 0.25) is 11.9 Å². The van der Waals surface area contributed by atoms with Gasteiger partial charge in [-0.05, 0) is 23.8 Å². The number of carbonyl (C=O) groups is 1. The largest absolute Gasteiger partial charge is 0.368 e. The lowest BCUT2D eigenvalue weighted by Crippen LogP contribution is -2.20. The number of hydrogen-bond donors (Lipinski definition) is 2. The lowest BCUT2D eigenvalue weighted by Gasteiger charge is -2.08. The van der Waals surface area contributed by atoms with Gasteiger partial charge in [-0.15, -0.1) is 10.2 Å². The van der Waals surface area contributed by atoms with Crippen LogP contribution in [0, 0.1) is 0 Å². The molecule has 0 spiro atoms. The van der Waals surface area contributed by atoms with Crippen molar-refractivity contribution in [2.24, 2.45) is 0 Å². The van der Waals surface area contributed by atoms with E-state index in [1.807, 2.05) is 48.5 Å². The van der Waals surface area contributed by atoms with Crippen LogP contribution in [0.4, 0.5) is 11.1 Å². The van der Waals surface area contributed by atoms with Gasteiger partial charge in [0.25, 0.3) is 0 Å². The maximum absolute atomic E-state index is 12.5. The summed E-state index contributed by atoms with van der Waals surface area (Å²) in [7, 11) is 0. The van der Waals surface area contributed by atoms with Gasteiger partial charge in [-0.3, -0.25) is 9.36 Å². The SMILES string of the molecule is Nc1nnc(SCc2ccccc2Cl)n1CC(=O)Nc1nc2ccccc2s1. The molecule has 10 heteroatoms. The molecule has 0 atom stereocenters. The van der Waals surface area contributed by atoms with Crippen LogP contribution in [0.2, 0.25) is 5.02 Å². The predicted octanol–water partition coefficient (Wildman–Crippen LogP) is 4.05. The van der Waals surface area contributed by atoms with Crippen LogP contribution in [0.1, 0.15) is 5.56 Å². The van der Waals surface area contributed by atoms with Crippen LogP contribution in [0.3, 0.4) is 0 Å². The van der Waals surface area contributed by atoms with Gasteiger partial charge in [-0.2, -0.15) is 0 Å². The van der Waals surface area contributed by atoms with Crippen LogP contribution in [0.25, 0.3) is 10.2 Å². The topological polar surface area (TPSA) is 98.7 Å². The van der Waals surface area contributed by atoms with E-state index in [0.29, 0.717) is 21.1 Å². The fourth-order valence-electron chi connectivity index (χ4n) is 2.54. The second kappa shape index (κ2) is 8.17. The number of anilines is 2. The Hall–Kier alpha value is -2.62. The lowest BCUT2D eigenvalue weighted by molar-refractivity contribution is -0.116. The van der Waals surface area contributed by atoms with Gasteiger partial charge in [0.15, 0.2) is 10.3 Å². The summed E-state index contributed by atoms with van der Waals surface area (Å²) in [5, 5.41) is 12.6. The minimum absolute atomic E-state index is 0.000383. The van der Waals surface area contributed by atoms with Crippen LogP contribution >= 0.6 is 34.7 Å². The van der Waals surface area contributed by atoms with Crippen molar-refractivity contribution in [3.8, 4) is 0 Å². The quantitative estimate of drug-likeness (QED) is 0.447. The second-order valence-electron chi connectivity index (χ2n) is 5.84. The van der Waals surface area contributed by atoms with Crippen LogP contribution in [0.5, 0.6) is 0 Å². The van der Waals surface area contributed by atoms with E-state index in [1.54, 1.807) is 4.57 Å². The molecule has 28 heavy (non-hydrogen) atoms. The standard InChI is InChI=1S/C18H15ClN6OS2/c19-12-6-2-1-5-11(12)10-27-18-24-23-16(20)25(18)9-15(26)22-17-21-13-7-3-4-8-14(13)28-17/h1-8H,9-10H2,(H2,20,23)(H,21,22,26). The molecule has 2 aromatic carbocycles. The Kier molecular flexibility index (Phi) is 5.47. The first-order valence-electron chi connectivity index (χ1n) is 8.30. The van der Waals surface area contributed by atoms with Gasteiger partial charge in [-0.25, -0.2) is 4.98 Å². The fourth-order valence-corrected chi connectivity index (χ4v) is 4.65. The van der Waals surface area contributed by atoms with Crippen LogP contribution < -0.4 is 11.1 Å². The highest BCUT2D eigenvalue weighted by Gasteiger charge is 2.15. The molecule has 4 rings (SSSR count). The van der Waals surface area contributed by atoms with Crippen LogP contribution in [-0.4, -0.2) is 25.7 Å². The van der Waals surface area contributed by atoms with Gasteiger partial charge in [0.1, 0.15) is 6.54 Å². The molecule has 2 heterocycles. The smallest absolute Gasteiger partial charge is 0.246 e. The van der Waals surface area contributed by atoms with E-state index in [0.717, 1.165) is 15.8 Å². The molecule has 142 valence electrons. The van der Waals surface area contributed by atoms with E-state index in [-0.39, 0.29) is 18.4 Å². The summed E-state index contributed by atoms with van der Waals surface area (Å²) in [4.78, 5) is 16.9. The first-order chi connectivity index (χ1) is 13.6. The maximum Gasteiger partial charge on any atom is 0.246 e. The average molecular weight is 431 g/mol. The van der Waals surface area contributed by atoms with E-state index in [4.69, 9.17) is 17.3 Å². The van der Waals surface area contributed by atoms with Crippen LogP contribution in [0.15, 0.2) is 53.7 Å². The number of thioether (sulfide) groups is 1. The van der Waals surface area contributed by atoms with E-state index in [1.165, 1.54) is 23.1 Å². The number of nitrogens with zero attached hydrogens (tertiary/aromatic N) is 4. The number of nitrogen functional groups attached to an aromatic ring is 1.